The smallest absolute Gasteiger partial charge is 0.313 e. The summed E-state index contributed by atoms with van der Waals surface area (Å²) in [5.41, 5.74) is 1.45. The van der Waals surface area contributed by atoms with Crippen molar-refractivity contribution in [3.8, 4) is 0 Å². The summed E-state index contributed by atoms with van der Waals surface area (Å²) in [7, 11) is 0. The zero-order valence-corrected chi connectivity index (χ0v) is 12.6. The third-order valence-electron chi connectivity index (χ3n) is 3.47. The summed E-state index contributed by atoms with van der Waals surface area (Å²) in [6.07, 6.45) is 3.46. The lowest BCUT2D eigenvalue weighted by Crippen LogP contribution is -2.42. The van der Waals surface area contributed by atoms with Gasteiger partial charge in [0.05, 0.1) is 0 Å². The van der Waals surface area contributed by atoms with Gasteiger partial charge >= 0.3 is 5.69 Å². The molecule has 2 rings (SSSR count). The van der Waals surface area contributed by atoms with Crippen LogP contribution in [-0.2, 0) is 6.42 Å². The average Bonchev–Trinajstić information content (AvgIpc) is 2.74. The molecule has 0 amide bonds. The number of fused-ring (bicyclic) bond motifs is 1. The van der Waals surface area contributed by atoms with Crippen LogP contribution in [-0.4, -0.2) is 32.2 Å². The first kappa shape index (κ1) is 14.7. The molecule has 0 aliphatic rings. The van der Waals surface area contributed by atoms with Gasteiger partial charge in [0.25, 0.3) is 0 Å². The minimum Gasteiger partial charge on any atom is -0.313 e. The second kappa shape index (κ2) is 5.75. The molecule has 20 heavy (non-hydrogen) atoms. The summed E-state index contributed by atoms with van der Waals surface area (Å²) in [6.45, 7) is 9.81. The van der Waals surface area contributed by atoms with Gasteiger partial charge in [0.2, 0.25) is 0 Å². The van der Waals surface area contributed by atoms with Crippen molar-refractivity contribution in [2.75, 3.05) is 6.54 Å². The highest BCUT2D eigenvalue weighted by Crippen LogP contribution is 2.22. The van der Waals surface area contributed by atoms with Crippen molar-refractivity contribution in [3.63, 3.8) is 0 Å². The van der Waals surface area contributed by atoms with Crippen LogP contribution in [0.2, 0.25) is 0 Å². The Balaban J connectivity index is 2.21. The number of H-pyrrole nitrogens is 1. The number of aromatic amines is 1. The predicted octanol–water partition coefficient (Wildman–Crippen LogP) is 1.37. The molecule has 2 aromatic rings. The molecule has 0 aliphatic heterocycles. The maximum absolute atomic E-state index is 11.4. The van der Waals surface area contributed by atoms with Crippen molar-refractivity contribution < 1.29 is 0 Å². The van der Waals surface area contributed by atoms with Gasteiger partial charge in [0.1, 0.15) is 6.33 Å². The van der Waals surface area contributed by atoms with Crippen LogP contribution in [0.4, 0.5) is 0 Å². The monoisotopic (exact) mass is 277 g/mol. The van der Waals surface area contributed by atoms with Gasteiger partial charge < -0.3 is 5.32 Å². The number of aromatic nitrogens is 4. The van der Waals surface area contributed by atoms with Crippen LogP contribution in [0.15, 0.2) is 17.2 Å². The zero-order valence-electron chi connectivity index (χ0n) is 12.6. The first-order valence-electron chi connectivity index (χ1n) is 7.07. The Morgan fingerprint density at radius 2 is 2.20 bits per heavy atom. The second-order valence-electron chi connectivity index (χ2n) is 6.21. The molecule has 2 N–H and O–H groups in total. The number of rotatable bonds is 5. The molecular weight excluding hydrogens is 254 g/mol. The Morgan fingerprint density at radius 3 is 2.85 bits per heavy atom. The third-order valence-corrected chi connectivity index (χ3v) is 3.47. The lowest BCUT2D eigenvalue weighted by atomic mass is 9.84. The Bertz CT molecular complexity index is 622. The standard InChI is InChI=1S/C14H23N5O/c1-5-6-15-11(14(2,3)4)7-10-8-12-17-18-13(20)19(12)9-16-10/h8-9,11,15H,5-7H2,1-4H3,(H,18,20). The molecule has 0 aliphatic carbocycles. The topological polar surface area (TPSA) is 75.1 Å². The normalized spacial score (nSPS) is 13.8. The van der Waals surface area contributed by atoms with E-state index in [0.29, 0.717) is 11.7 Å². The largest absolute Gasteiger partial charge is 0.348 e. The van der Waals surface area contributed by atoms with Crippen molar-refractivity contribution in [1.29, 1.82) is 0 Å². The average molecular weight is 277 g/mol. The summed E-state index contributed by atoms with van der Waals surface area (Å²) in [5, 5.41) is 9.97. The quantitative estimate of drug-likeness (QED) is 0.865. The molecule has 0 radical (unpaired) electrons. The molecular formula is C14H23N5O. The molecule has 1 atom stereocenters. The van der Waals surface area contributed by atoms with E-state index in [2.05, 4.69) is 48.2 Å². The van der Waals surface area contributed by atoms with Gasteiger partial charge in [-0.3, -0.25) is 0 Å². The lowest BCUT2D eigenvalue weighted by Gasteiger charge is -2.31. The summed E-state index contributed by atoms with van der Waals surface area (Å²) >= 11 is 0. The fraction of sp³-hybridized carbons (Fsp3) is 0.643. The van der Waals surface area contributed by atoms with E-state index >= 15 is 0 Å². The molecule has 0 spiro atoms. The van der Waals surface area contributed by atoms with Gasteiger partial charge in [0, 0.05) is 24.2 Å². The first-order valence-corrected chi connectivity index (χ1v) is 7.07. The van der Waals surface area contributed by atoms with E-state index in [4.69, 9.17) is 0 Å². The molecule has 2 heterocycles. The Hall–Kier alpha value is -1.69. The molecule has 6 nitrogen and oxygen atoms in total. The van der Waals surface area contributed by atoms with Gasteiger partial charge in [-0.05, 0) is 18.4 Å². The van der Waals surface area contributed by atoms with Gasteiger partial charge in [-0.1, -0.05) is 27.7 Å². The Morgan fingerprint density at radius 1 is 1.45 bits per heavy atom. The van der Waals surface area contributed by atoms with E-state index in [0.717, 1.165) is 25.1 Å². The van der Waals surface area contributed by atoms with E-state index in [1.807, 2.05) is 6.07 Å². The van der Waals surface area contributed by atoms with E-state index < -0.39 is 0 Å². The number of hydrogen-bond acceptors (Lipinski definition) is 4. The summed E-state index contributed by atoms with van der Waals surface area (Å²) in [6, 6.07) is 2.20. The fourth-order valence-corrected chi connectivity index (χ4v) is 2.17. The van der Waals surface area contributed by atoms with Crippen molar-refractivity contribution in [2.24, 2.45) is 5.41 Å². The van der Waals surface area contributed by atoms with Crippen LogP contribution in [0, 0.1) is 5.41 Å². The van der Waals surface area contributed by atoms with E-state index in [-0.39, 0.29) is 11.1 Å². The second-order valence-corrected chi connectivity index (χ2v) is 6.21. The summed E-state index contributed by atoms with van der Waals surface area (Å²) < 4.78 is 1.41. The third kappa shape index (κ3) is 3.25. The molecule has 0 saturated carbocycles. The molecule has 0 fully saturated rings. The number of hydrogen-bond donors (Lipinski definition) is 2. The predicted molar refractivity (Wildman–Crippen MR) is 78.8 cm³/mol. The van der Waals surface area contributed by atoms with Crippen LogP contribution >= 0.6 is 0 Å². The fourth-order valence-electron chi connectivity index (χ4n) is 2.17. The number of nitrogens with zero attached hydrogens (tertiary/aromatic N) is 3. The highest BCUT2D eigenvalue weighted by molar-refractivity contribution is 5.36. The van der Waals surface area contributed by atoms with Gasteiger partial charge in [0.15, 0.2) is 5.65 Å². The van der Waals surface area contributed by atoms with Crippen LogP contribution in [0.3, 0.4) is 0 Å². The minimum atomic E-state index is -0.254. The first-order chi connectivity index (χ1) is 9.41. The molecule has 2 aromatic heterocycles. The minimum absolute atomic E-state index is 0.147. The molecule has 0 saturated heterocycles. The van der Waals surface area contributed by atoms with Crippen LogP contribution in [0.25, 0.3) is 5.65 Å². The lowest BCUT2D eigenvalue weighted by molar-refractivity contribution is 0.265. The van der Waals surface area contributed by atoms with E-state index in [9.17, 15) is 4.79 Å². The van der Waals surface area contributed by atoms with Gasteiger partial charge in [-0.25, -0.2) is 19.3 Å². The Kier molecular flexibility index (Phi) is 4.23. The van der Waals surface area contributed by atoms with Gasteiger partial charge in [-0.2, -0.15) is 5.10 Å². The van der Waals surface area contributed by atoms with E-state index in [1.54, 1.807) is 0 Å². The zero-order chi connectivity index (χ0) is 14.8. The Labute approximate surface area is 118 Å². The highest BCUT2D eigenvalue weighted by atomic mass is 16.1. The van der Waals surface area contributed by atoms with Gasteiger partial charge in [-0.15, -0.1) is 0 Å². The van der Waals surface area contributed by atoms with E-state index in [1.165, 1.54) is 10.7 Å². The summed E-state index contributed by atoms with van der Waals surface area (Å²) in [5.74, 6) is 0. The molecule has 0 bridgehead atoms. The van der Waals surface area contributed by atoms with Crippen LogP contribution in [0.5, 0.6) is 0 Å². The van der Waals surface area contributed by atoms with Crippen molar-refractivity contribution in [2.45, 2.75) is 46.6 Å². The molecule has 6 heteroatoms. The van der Waals surface area contributed by atoms with Crippen molar-refractivity contribution in [1.82, 2.24) is 24.9 Å². The van der Waals surface area contributed by atoms with Crippen LogP contribution < -0.4 is 11.0 Å². The highest BCUT2D eigenvalue weighted by Gasteiger charge is 2.24. The molecule has 1 unspecified atom stereocenters. The molecule has 0 aromatic carbocycles. The molecule has 110 valence electrons. The summed E-state index contributed by atoms with van der Waals surface area (Å²) in [4.78, 5) is 15.8. The van der Waals surface area contributed by atoms with Crippen molar-refractivity contribution >= 4 is 5.65 Å². The number of nitrogens with one attached hydrogen (secondary N) is 2. The SMILES string of the molecule is CCCNC(Cc1cc2n[nH]c(=O)n2cn1)C(C)(C)C. The van der Waals surface area contributed by atoms with Crippen molar-refractivity contribution in [3.05, 3.63) is 28.6 Å². The maximum atomic E-state index is 11.4. The maximum Gasteiger partial charge on any atom is 0.348 e. The van der Waals surface area contributed by atoms with Crippen LogP contribution in [0.1, 0.15) is 39.8 Å².